The fourth-order valence-electron chi connectivity index (χ4n) is 6.38. The molecule has 0 aromatic rings. The van der Waals surface area contributed by atoms with Crippen molar-refractivity contribution in [1.29, 1.82) is 0 Å². The predicted molar refractivity (Wildman–Crippen MR) is 249 cm³/mol. The molecule has 0 aromatic heterocycles. The molecular formula is C52H87NO7. The average Bonchev–Trinajstić information content (AvgIpc) is 3.21. The van der Waals surface area contributed by atoms with Crippen LogP contribution in [-0.2, 0) is 28.6 Å². The van der Waals surface area contributed by atoms with Crippen molar-refractivity contribution in [3.8, 4) is 0 Å². The summed E-state index contributed by atoms with van der Waals surface area (Å²) >= 11 is 0. The molecule has 60 heavy (non-hydrogen) atoms. The van der Waals surface area contributed by atoms with E-state index in [2.05, 4.69) is 86.8 Å². The minimum Gasteiger partial charge on any atom is -0.544 e. The Kier molecular flexibility index (Phi) is 39.8. The molecule has 0 N–H and O–H groups in total. The predicted octanol–water partition coefficient (Wildman–Crippen LogP) is 12.0. The van der Waals surface area contributed by atoms with Crippen molar-refractivity contribution in [1.82, 2.24) is 0 Å². The minimum absolute atomic E-state index is 0.0112. The third-order valence-corrected chi connectivity index (χ3v) is 10.0. The van der Waals surface area contributed by atoms with Gasteiger partial charge in [-0.2, -0.15) is 0 Å². The lowest BCUT2D eigenvalue weighted by molar-refractivity contribution is -0.889. The van der Waals surface area contributed by atoms with Gasteiger partial charge in [-0.1, -0.05) is 163 Å². The Balaban J connectivity index is 4.44. The number of rotatable bonds is 41. The van der Waals surface area contributed by atoms with Gasteiger partial charge in [-0.05, 0) is 77.0 Å². The van der Waals surface area contributed by atoms with Crippen LogP contribution in [0.3, 0.4) is 0 Å². The fourth-order valence-corrected chi connectivity index (χ4v) is 6.38. The molecule has 0 amide bonds. The third-order valence-electron chi connectivity index (χ3n) is 10.0. The lowest BCUT2D eigenvalue weighted by Crippen LogP contribution is -2.55. The summed E-state index contributed by atoms with van der Waals surface area (Å²) in [4.78, 5) is 36.9. The first-order valence-electron chi connectivity index (χ1n) is 23.6. The van der Waals surface area contributed by atoms with Gasteiger partial charge >= 0.3 is 11.9 Å². The van der Waals surface area contributed by atoms with Crippen molar-refractivity contribution in [2.45, 2.75) is 187 Å². The molecule has 0 rings (SSSR count). The zero-order valence-corrected chi connectivity index (χ0v) is 38.8. The van der Waals surface area contributed by atoms with E-state index in [1.807, 2.05) is 12.2 Å². The molecule has 2 atom stereocenters. The highest BCUT2D eigenvalue weighted by molar-refractivity contribution is 5.70. The summed E-state index contributed by atoms with van der Waals surface area (Å²) in [7, 11) is 5.38. The van der Waals surface area contributed by atoms with E-state index in [0.29, 0.717) is 12.8 Å². The zero-order chi connectivity index (χ0) is 44.2. The summed E-state index contributed by atoms with van der Waals surface area (Å²) in [5.74, 6) is -1.85. The minimum atomic E-state index is -1.14. The van der Waals surface area contributed by atoms with E-state index in [4.69, 9.17) is 14.2 Å². The molecule has 0 bridgehead atoms. The van der Waals surface area contributed by atoms with Crippen LogP contribution < -0.4 is 5.11 Å². The van der Waals surface area contributed by atoms with Crippen LogP contribution in [0.5, 0.6) is 0 Å². The van der Waals surface area contributed by atoms with Crippen LogP contribution in [0.15, 0.2) is 85.1 Å². The van der Waals surface area contributed by atoms with E-state index >= 15 is 0 Å². The molecule has 0 spiro atoms. The molecule has 2 unspecified atom stereocenters. The molecule has 8 nitrogen and oxygen atoms in total. The maximum Gasteiger partial charge on any atom is 0.306 e. The van der Waals surface area contributed by atoms with E-state index in [-0.39, 0.29) is 49.1 Å². The topological polar surface area (TPSA) is 102 Å². The number of allylic oxidation sites excluding steroid dienone is 14. The van der Waals surface area contributed by atoms with Gasteiger partial charge in [-0.3, -0.25) is 9.59 Å². The van der Waals surface area contributed by atoms with Crippen LogP contribution in [-0.4, -0.2) is 75.5 Å². The van der Waals surface area contributed by atoms with Crippen molar-refractivity contribution in [3.05, 3.63) is 85.1 Å². The van der Waals surface area contributed by atoms with Crippen LogP contribution in [0.1, 0.15) is 174 Å². The number of hydrogen-bond donors (Lipinski definition) is 0. The molecule has 0 heterocycles. The highest BCUT2D eigenvalue weighted by Gasteiger charge is 2.25. The van der Waals surface area contributed by atoms with Gasteiger partial charge in [-0.25, -0.2) is 0 Å². The Bertz CT molecular complexity index is 1250. The highest BCUT2D eigenvalue weighted by Crippen LogP contribution is 2.13. The second-order valence-electron chi connectivity index (χ2n) is 16.6. The quantitative estimate of drug-likeness (QED) is 0.0261. The SMILES string of the molecule is CC/C=C/C/C=C/C/C=C/C/C=C/C/C=C/C/C=C/CCC(=O)OCC(COCCC(C(=O)[O-])[N+](C)(C)C)OC(=O)CCCCCCCCC/C=C/CCCCCCCC. The molecule has 0 aromatic carbocycles. The molecule has 0 fully saturated rings. The van der Waals surface area contributed by atoms with Crippen molar-refractivity contribution < 1.29 is 38.2 Å². The number of aliphatic carboxylic acids is 1. The number of hydrogen-bond acceptors (Lipinski definition) is 7. The van der Waals surface area contributed by atoms with E-state index in [1.165, 1.54) is 77.0 Å². The normalized spacial score (nSPS) is 13.7. The number of esters is 2. The summed E-state index contributed by atoms with van der Waals surface area (Å²) in [6, 6.07) is -0.741. The maximum atomic E-state index is 12.7. The van der Waals surface area contributed by atoms with Crippen LogP contribution >= 0.6 is 0 Å². The van der Waals surface area contributed by atoms with Crippen molar-refractivity contribution >= 4 is 17.9 Å². The second-order valence-corrected chi connectivity index (χ2v) is 16.6. The van der Waals surface area contributed by atoms with Crippen molar-refractivity contribution in [3.63, 3.8) is 0 Å². The number of carbonyl (C=O) groups is 3. The maximum absolute atomic E-state index is 12.7. The first-order valence-corrected chi connectivity index (χ1v) is 23.6. The van der Waals surface area contributed by atoms with E-state index in [1.54, 1.807) is 21.1 Å². The number of likely N-dealkylation sites (N-methyl/N-ethyl adjacent to an activating group) is 1. The molecule has 0 saturated carbocycles. The molecule has 342 valence electrons. The smallest absolute Gasteiger partial charge is 0.306 e. The number of quaternary nitrogens is 1. The molecule has 8 heteroatoms. The number of ether oxygens (including phenoxy) is 3. The van der Waals surface area contributed by atoms with Crippen LogP contribution in [0.4, 0.5) is 0 Å². The Morgan fingerprint density at radius 3 is 1.45 bits per heavy atom. The Morgan fingerprint density at radius 1 is 0.517 bits per heavy atom. The summed E-state index contributed by atoms with van der Waals surface area (Å²) < 4.78 is 17.1. The number of carboxylic acids is 1. The second kappa shape index (κ2) is 42.2. The van der Waals surface area contributed by atoms with Gasteiger partial charge in [0.05, 0.1) is 40.3 Å². The number of unbranched alkanes of at least 4 members (excludes halogenated alkanes) is 13. The summed E-state index contributed by atoms with van der Waals surface area (Å²) in [5, 5.41) is 11.6. The summed E-state index contributed by atoms with van der Waals surface area (Å²) in [6.07, 6.45) is 54.8. The monoisotopic (exact) mass is 838 g/mol. The van der Waals surface area contributed by atoms with Gasteiger partial charge in [0.2, 0.25) is 0 Å². The van der Waals surface area contributed by atoms with Gasteiger partial charge in [0.1, 0.15) is 12.6 Å². The Labute approximate surface area is 367 Å². The average molecular weight is 838 g/mol. The van der Waals surface area contributed by atoms with Gasteiger partial charge in [0.25, 0.3) is 0 Å². The lowest BCUT2D eigenvalue weighted by atomic mass is 10.1. The van der Waals surface area contributed by atoms with Crippen LogP contribution in [0.2, 0.25) is 0 Å². The first-order chi connectivity index (χ1) is 29.1. The zero-order valence-electron chi connectivity index (χ0n) is 38.8. The van der Waals surface area contributed by atoms with Crippen LogP contribution in [0.25, 0.3) is 0 Å². The third kappa shape index (κ3) is 39.9. The standard InChI is InChI=1S/C52H87NO7/c1-6-8-10-12-14-16-18-20-22-24-25-27-28-30-32-34-36-38-40-42-50(54)59-47-48(46-58-45-44-49(52(56)57)53(3,4)5)60-51(55)43-41-39-37-35-33-31-29-26-23-21-19-17-15-13-11-9-7-2/h8,10,14,16,20-23,25,27,30,32,36,38,48-49H,6-7,9,11-13,15,17-19,24,26,28-29,31,33-35,37,39-47H2,1-5H3/b10-8+,16-14+,22-20+,23-21+,27-25+,32-30+,38-36+. The van der Waals surface area contributed by atoms with Crippen molar-refractivity contribution in [2.75, 3.05) is 41.0 Å². The number of nitrogens with zero attached hydrogens (tertiary/aromatic N) is 1. The fraction of sp³-hybridized carbons (Fsp3) is 0.673. The molecule has 0 saturated heterocycles. The van der Waals surface area contributed by atoms with Gasteiger partial charge in [-0.15, -0.1) is 0 Å². The number of carbonyl (C=O) groups excluding carboxylic acids is 3. The summed E-state index contributed by atoms with van der Waals surface area (Å²) in [5.41, 5.74) is 0. The highest BCUT2D eigenvalue weighted by atomic mass is 16.6. The Morgan fingerprint density at radius 2 is 0.967 bits per heavy atom. The first kappa shape index (κ1) is 56.5. The van der Waals surface area contributed by atoms with E-state index in [9.17, 15) is 19.5 Å². The van der Waals surface area contributed by atoms with E-state index in [0.717, 1.165) is 57.8 Å². The van der Waals surface area contributed by atoms with E-state index < -0.39 is 18.1 Å². The summed E-state index contributed by atoms with van der Waals surface area (Å²) in [6.45, 7) is 4.45. The molecule has 0 radical (unpaired) electrons. The number of carboxylic acid groups (broad SMARTS) is 1. The largest absolute Gasteiger partial charge is 0.544 e. The Hall–Kier alpha value is -3.49. The van der Waals surface area contributed by atoms with Crippen LogP contribution in [0, 0.1) is 0 Å². The molecular weight excluding hydrogens is 751 g/mol. The van der Waals surface area contributed by atoms with Gasteiger partial charge in [0.15, 0.2) is 6.10 Å². The molecule has 0 aliphatic heterocycles. The lowest BCUT2D eigenvalue weighted by Gasteiger charge is -2.34. The van der Waals surface area contributed by atoms with Gasteiger partial charge < -0.3 is 28.6 Å². The molecule has 0 aliphatic rings. The van der Waals surface area contributed by atoms with Crippen molar-refractivity contribution in [2.24, 2.45) is 0 Å². The molecule has 0 aliphatic carbocycles. The van der Waals surface area contributed by atoms with Gasteiger partial charge in [0, 0.05) is 19.3 Å².